The molecule has 7 rings (SSSR count). The fraction of sp³-hybridized carbons (Fsp3) is 0.361. The number of hydrogen-bond donors (Lipinski definition) is 2. The van der Waals surface area contributed by atoms with Crippen LogP contribution in [0.5, 0.6) is 5.75 Å². The van der Waals surface area contributed by atoms with E-state index in [0.717, 1.165) is 28.3 Å². The van der Waals surface area contributed by atoms with Gasteiger partial charge in [-0.1, -0.05) is 35.3 Å². The lowest BCUT2D eigenvalue weighted by molar-refractivity contribution is -0.137. The number of hydrogen-bond acceptors (Lipinski definition) is 10. The second-order valence-corrected chi connectivity index (χ2v) is 14.6. The Morgan fingerprint density at radius 3 is 2.47 bits per heavy atom. The lowest BCUT2D eigenvalue weighted by Crippen LogP contribution is -2.47. The van der Waals surface area contributed by atoms with Gasteiger partial charge in [0, 0.05) is 30.2 Å². The Balaban J connectivity index is 1.29. The van der Waals surface area contributed by atoms with E-state index in [-0.39, 0.29) is 70.9 Å². The summed E-state index contributed by atoms with van der Waals surface area (Å²) in [5.74, 6) is -1.34. The molecule has 2 aromatic carbocycles. The maximum atomic E-state index is 14.5. The molecular formula is C36H34Cl2F3N9O5. The molecule has 0 bridgehead atoms. The molecule has 1 spiro atoms. The normalized spacial score (nSPS) is 16.6. The van der Waals surface area contributed by atoms with E-state index in [1.807, 2.05) is 25.1 Å². The number of fused-ring (bicyclic) bond motifs is 3. The lowest BCUT2D eigenvalue weighted by atomic mass is 9.85. The number of carbonyl (C=O) groups is 2. The van der Waals surface area contributed by atoms with Gasteiger partial charge in [0.05, 0.1) is 39.3 Å². The fourth-order valence-electron chi connectivity index (χ4n) is 7.15. The van der Waals surface area contributed by atoms with Gasteiger partial charge in [0.15, 0.2) is 17.3 Å². The summed E-state index contributed by atoms with van der Waals surface area (Å²) in [4.78, 5) is 57.7. The van der Waals surface area contributed by atoms with Crippen molar-refractivity contribution in [2.75, 3.05) is 32.5 Å². The number of benzene rings is 2. The molecule has 19 heteroatoms. The van der Waals surface area contributed by atoms with Gasteiger partial charge in [-0.05, 0) is 70.6 Å². The second kappa shape index (κ2) is 14.2. The molecule has 1 saturated heterocycles. The molecule has 2 aliphatic rings. The molecule has 0 radical (unpaired) electrons. The first-order chi connectivity index (χ1) is 26.0. The van der Waals surface area contributed by atoms with Crippen LogP contribution in [-0.2, 0) is 34.4 Å². The van der Waals surface area contributed by atoms with Crippen LogP contribution in [0.1, 0.15) is 64.4 Å². The number of rotatable bonds is 7. The third kappa shape index (κ3) is 7.01. The number of halogens is 5. The molecule has 1 fully saturated rings. The fourth-order valence-corrected chi connectivity index (χ4v) is 7.62. The highest BCUT2D eigenvalue weighted by Crippen LogP contribution is 2.48. The Labute approximate surface area is 321 Å². The van der Waals surface area contributed by atoms with Gasteiger partial charge < -0.3 is 29.5 Å². The molecule has 2 aliphatic heterocycles. The van der Waals surface area contributed by atoms with Crippen LogP contribution >= 0.6 is 23.2 Å². The van der Waals surface area contributed by atoms with Crippen LogP contribution in [0.3, 0.4) is 0 Å². The van der Waals surface area contributed by atoms with Crippen molar-refractivity contribution < 1.29 is 32.6 Å². The second-order valence-electron chi connectivity index (χ2n) is 13.8. The third-order valence-electron chi connectivity index (χ3n) is 9.76. The van der Waals surface area contributed by atoms with Crippen molar-refractivity contribution >= 4 is 46.5 Å². The third-order valence-corrected chi connectivity index (χ3v) is 10.4. The number of amides is 2. The SMILES string of the molecule is Cc1ncnc(C(=O)N2CCC3(CC2)O[C@H](C)c2c3c(=O)n3nc(-c4ccc(CN(C)C)c(Cl)c4)nc3n2CC(=O)Nc2ccc(C(F)(F)F)cc2Cl)c1O. The number of alkyl halides is 3. The molecule has 0 saturated carbocycles. The van der Waals surface area contributed by atoms with Gasteiger partial charge in [-0.2, -0.15) is 22.7 Å². The first kappa shape index (κ1) is 38.2. The monoisotopic (exact) mass is 799 g/mol. The van der Waals surface area contributed by atoms with Crippen LogP contribution in [-0.4, -0.2) is 83.0 Å². The Kier molecular flexibility index (Phi) is 9.86. The molecule has 0 unspecified atom stereocenters. The van der Waals surface area contributed by atoms with Gasteiger partial charge >= 0.3 is 6.18 Å². The summed E-state index contributed by atoms with van der Waals surface area (Å²) in [7, 11) is 3.82. The predicted molar refractivity (Wildman–Crippen MR) is 195 cm³/mol. The summed E-state index contributed by atoms with van der Waals surface area (Å²) in [5, 5.41) is 17.7. The van der Waals surface area contributed by atoms with Crippen molar-refractivity contribution in [3.05, 3.63) is 96.9 Å². The minimum absolute atomic E-state index is 0.00984. The average molecular weight is 801 g/mol. The van der Waals surface area contributed by atoms with E-state index in [0.29, 0.717) is 22.8 Å². The van der Waals surface area contributed by atoms with Crippen molar-refractivity contribution in [2.45, 2.75) is 57.7 Å². The van der Waals surface area contributed by atoms with Gasteiger partial charge in [0.2, 0.25) is 11.7 Å². The summed E-state index contributed by atoms with van der Waals surface area (Å²) in [6.07, 6.45) is -3.83. The van der Waals surface area contributed by atoms with Crippen LogP contribution in [0.25, 0.3) is 17.2 Å². The quantitative estimate of drug-likeness (QED) is 0.212. The van der Waals surface area contributed by atoms with Crippen LogP contribution in [0, 0.1) is 6.92 Å². The van der Waals surface area contributed by atoms with E-state index in [1.54, 1.807) is 26.0 Å². The maximum absolute atomic E-state index is 14.5. The van der Waals surface area contributed by atoms with Crippen molar-refractivity contribution in [3.63, 3.8) is 0 Å². The largest absolute Gasteiger partial charge is 0.504 e. The molecular weight excluding hydrogens is 766 g/mol. The maximum Gasteiger partial charge on any atom is 0.416 e. The molecule has 2 amide bonds. The predicted octanol–water partition coefficient (Wildman–Crippen LogP) is 5.61. The van der Waals surface area contributed by atoms with E-state index < -0.39 is 47.4 Å². The molecule has 0 aliphatic carbocycles. The van der Waals surface area contributed by atoms with Crippen molar-refractivity contribution in [1.82, 2.24) is 38.9 Å². The molecule has 288 valence electrons. The average Bonchev–Trinajstić information content (AvgIpc) is 3.69. The molecule has 3 aromatic heterocycles. The zero-order valence-electron chi connectivity index (χ0n) is 29.9. The Hall–Kier alpha value is -5.10. The zero-order valence-corrected chi connectivity index (χ0v) is 31.4. The lowest BCUT2D eigenvalue weighted by Gasteiger charge is -2.39. The van der Waals surface area contributed by atoms with Gasteiger partial charge in [0.1, 0.15) is 18.5 Å². The number of aryl methyl sites for hydroxylation is 1. The first-order valence-corrected chi connectivity index (χ1v) is 17.8. The van der Waals surface area contributed by atoms with E-state index >= 15 is 0 Å². The number of nitrogens with zero attached hydrogens (tertiary/aromatic N) is 8. The standard InChI is InChI=1S/C36H34Cl2F3N9O5/c1-18-30(52)28(43-17-42-18)33(54)48-11-9-35(10-12-48)27-29(19(2)55-35)49(16-26(51)44-25-8-7-22(14-24(25)38)36(39,40)41)34-45-31(46-50(34)32(27)53)20-5-6-21(15-47(3)4)23(37)13-20/h5-8,13-14,17,19,52H,9-12,15-16H2,1-4H3,(H,44,51)/t19-/m1/s1. The minimum atomic E-state index is -4.64. The van der Waals surface area contributed by atoms with E-state index in [9.17, 15) is 32.7 Å². The number of ether oxygens (including phenoxy) is 1. The topological polar surface area (TPSA) is 160 Å². The highest BCUT2D eigenvalue weighted by molar-refractivity contribution is 6.33. The van der Waals surface area contributed by atoms with Crippen molar-refractivity contribution in [1.29, 1.82) is 0 Å². The summed E-state index contributed by atoms with van der Waals surface area (Å²) >= 11 is 12.8. The number of carbonyl (C=O) groups excluding carboxylic acids is 2. The zero-order chi connectivity index (χ0) is 39.6. The molecule has 5 aromatic rings. The summed E-state index contributed by atoms with van der Waals surface area (Å²) in [6, 6.07) is 7.88. The summed E-state index contributed by atoms with van der Waals surface area (Å²) in [6.45, 7) is 3.68. The van der Waals surface area contributed by atoms with E-state index in [1.165, 1.54) is 15.8 Å². The highest BCUT2D eigenvalue weighted by atomic mass is 35.5. The molecule has 1 atom stereocenters. The highest BCUT2D eigenvalue weighted by Gasteiger charge is 2.50. The van der Waals surface area contributed by atoms with Crippen LogP contribution in [0.15, 0.2) is 47.5 Å². The van der Waals surface area contributed by atoms with Crippen molar-refractivity contribution in [2.24, 2.45) is 0 Å². The molecule has 5 heterocycles. The van der Waals surface area contributed by atoms with Gasteiger partial charge in [-0.15, -0.1) is 5.10 Å². The number of aromatic hydroxyl groups is 1. The molecule has 2 N–H and O–H groups in total. The van der Waals surface area contributed by atoms with E-state index in [2.05, 4.69) is 20.4 Å². The van der Waals surface area contributed by atoms with Crippen molar-refractivity contribution in [3.8, 4) is 17.1 Å². The Morgan fingerprint density at radius 1 is 1.09 bits per heavy atom. The number of nitrogens with one attached hydrogen (secondary N) is 1. The molecule has 55 heavy (non-hydrogen) atoms. The van der Waals surface area contributed by atoms with Gasteiger partial charge in [-0.3, -0.25) is 14.4 Å². The number of piperidine rings is 1. The number of anilines is 1. The van der Waals surface area contributed by atoms with Gasteiger partial charge in [-0.25, -0.2) is 9.97 Å². The van der Waals surface area contributed by atoms with Gasteiger partial charge in [0.25, 0.3) is 11.5 Å². The first-order valence-electron chi connectivity index (χ1n) is 17.1. The van der Waals surface area contributed by atoms with E-state index in [4.69, 9.17) is 32.9 Å². The van der Waals surface area contributed by atoms with Crippen LogP contribution < -0.4 is 10.9 Å². The molecule has 14 nitrogen and oxygen atoms in total. The number of aromatic nitrogens is 6. The number of likely N-dealkylation sites (tertiary alicyclic amines) is 1. The Morgan fingerprint density at radius 2 is 1.82 bits per heavy atom. The Bertz CT molecular complexity index is 2430. The minimum Gasteiger partial charge on any atom is -0.504 e. The summed E-state index contributed by atoms with van der Waals surface area (Å²) in [5.41, 5.74) is -0.686. The summed E-state index contributed by atoms with van der Waals surface area (Å²) < 4.78 is 49.0. The van der Waals surface area contributed by atoms with Crippen LogP contribution in [0.2, 0.25) is 10.0 Å². The smallest absolute Gasteiger partial charge is 0.416 e. The van der Waals surface area contributed by atoms with Crippen LogP contribution in [0.4, 0.5) is 18.9 Å².